The summed E-state index contributed by atoms with van der Waals surface area (Å²) in [4.78, 5) is 13.7. The first kappa shape index (κ1) is 14.4. The zero-order valence-corrected chi connectivity index (χ0v) is 10.3. The van der Waals surface area contributed by atoms with Crippen molar-refractivity contribution >= 4 is 5.91 Å². The van der Waals surface area contributed by atoms with Crippen LogP contribution in [-0.4, -0.2) is 43.7 Å². The summed E-state index contributed by atoms with van der Waals surface area (Å²) in [5, 5.41) is 0. The first-order valence-corrected chi connectivity index (χ1v) is 5.55. The van der Waals surface area contributed by atoms with E-state index in [4.69, 9.17) is 10.5 Å². The van der Waals surface area contributed by atoms with Gasteiger partial charge in [0, 0.05) is 20.1 Å². The number of nitrogens with zero attached hydrogens (tertiary/aromatic N) is 1. The number of amides is 1. The van der Waals surface area contributed by atoms with Gasteiger partial charge in [-0.2, -0.15) is 0 Å². The van der Waals surface area contributed by atoms with Crippen LogP contribution in [0.15, 0.2) is 0 Å². The SMILES string of the molecule is CCN(C(=O)CC(C)CN)C(C)COC. The highest BCUT2D eigenvalue weighted by Gasteiger charge is 2.19. The molecule has 0 saturated heterocycles. The Hall–Kier alpha value is -0.610. The summed E-state index contributed by atoms with van der Waals surface area (Å²) >= 11 is 0. The van der Waals surface area contributed by atoms with E-state index in [1.165, 1.54) is 0 Å². The molecule has 0 saturated carbocycles. The van der Waals surface area contributed by atoms with Gasteiger partial charge in [0.25, 0.3) is 0 Å². The average Bonchev–Trinajstić information content (AvgIpc) is 2.19. The molecule has 4 nitrogen and oxygen atoms in total. The summed E-state index contributed by atoms with van der Waals surface area (Å²) in [7, 11) is 1.65. The molecule has 0 heterocycles. The lowest BCUT2D eigenvalue weighted by Crippen LogP contribution is -2.41. The zero-order valence-electron chi connectivity index (χ0n) is 10.3. The van der Waals surface area contributed by atoms with Gasteiger partial charge in [-0.25, -0.2) is 0 Å². The predicted octanol–water partition coefficient (Wildman–Crippen LogP) is 0.855. The van der Waals surface area contributed by atoms with Gasteiger partial charge >= 0.3 is 0 Å². The molecular formula is C11H24N2O2. The second kappa shape index (κ2) is 7.65. The predicted molar refractivity (Wildman–Crippen MR) is 61.6 cm³/mol. The van der Waals surface area contributed by atoms with E-state index in [2.05, 4.69) is 0 Å². The fourth-order valence-electron chi connectivity index (χ4n) is 1.56. The highest BCUT2D eigenvalue weighted by atomic mass is 16.5. The van der Waals surface area contributed by atoms with Gasteiger partial charge in [-0.3, -0.25) is 4.79 Å². The minimum absolute atomic E-state index is 0.137. The molecule has 0 fully saturated rings. The van der Waals surface area contributed by atoms with Crippen LogP contribution in [0, 0.1) is 5.92 Å². The number of nitrogens with two attached hydrogens (primary N) is 1. The van der Waals surface area contributed by atoms with Crippen LogP contribution in [0.3, 0.4) is 0 Å². The van der Waals surface area contributed by atoms with Crippen LogP contribution in [-0.2, 0) is 9.53 Å². The Morgan fingerprint density at radius 1 is 1.47 bits per heavy atom. The van der Waals surface area contributed by atoms with Gasteiger partial charge in [-0.1, -0.05) is 6.92 Å². The van der Waals surface area contributed by atoms with Crippen molar-refractivity contribution in [2.24, 2.45) is 11.7 Å². The highest BCUT2D eigenvalue weighted by Crippen LogP contribution is 2.07. The van der Waals surface area contributed by atoms with Gasteiger partial charge in [-0.15, -0.1) is 0 Å². The summed E-state index contributed by atoms with van der Waals surface area (Å²) in [6, 6.07) is 0.137. The lowest BCUT2D eigenvalue weighted by atomic mass is 10.1. The standard InChI is InChI=1S/C11H24N2O2/c1-5-13(10(3)8-15-4)11(14)6-9(2)7-12/h9-10H,5-8,12H2,1-4H3. The molecule has 4 heteroatoms. The number of likely N-dealkylation sites (N-methyl/N-ethyl adjacent to an activating group) is 1. The van der Waals surface area contributed by atoms with Crippen molar-refractivity contribution in [1.82, 2.24) is 4.90 Å². The van der Waals surface area contributed by atoms with Crippen LogP contribution >= 0.6 is 0 Å². The Balaban J connectivity index is 4.20. The molecule has 90 valence electrons. The smallest absolute Gasteiger partial charge is 0.223 e. The van der Waals surface area contributed by atoms with Gasteiger partial charge < -0.3 is 15.4 Å². The number of rotatable bonds is 7. The molecule has 0 aliphatic heterocycles. The maximum absolute atomic E-state index is 11.9. The molecule has 0 aliphatic rings. The van der Waals surface area contributed by atoms with Crippen molar-refractivity contribution in [2.75, 3.05) is 26.8 Å². The van der Waals surface area contributed by atoms with Crippen LogP contribution in [0.5, 0.6) is 0 Å². The number of hydrogen-bond acceptors (Lipinski definition) is 3. The Labute approximate surface area is 92.8 Å². The van der Waals surface area contributed by atoms with Crippen LogP contribution in [0.4, 0.5) is 0 Å². The summed E-state index contributed by atoms with van der Waals surface area (Å²) in [5.74, 6) is 0.418. The molecule has 15 heavy (non-hydrogen) atoms. The molecule has 2 unspecified atom stereocenters. The summed E-state index contributed by atoms with van der Waals surface area (Å²) in [6.07, 6.45) is 0.526. The molecule has 0 aromatic rings. The molecule has 1 amide bonds. The molecule has 0 spiro atoms. The van der Waals surface area contributed by atoms with Crippen LogP contribution < -0.4 is 5.73 Å². The van der Waals surface area contributed by atoms with Gasteiger partial charge in [0.2, 0.25) is 5.91 Å². The maximum atomic E-state index is 11.9. The first-order chi connectivity index (χ1) is 7.06. The van der Waals surface area contributed by atoms with E-state index in [-0.39, 0.29) is 17.9 Å². The van der Waals surface area contributed by atoms with Crippen LogP contribution in [0.2, 0.25) is 0 Å². The Morgan fingerprint density at radius 2 is 2.07 bits per heavy atom. The van der Waals surface area contributed by atoms with E-state index < -0.39 is 0 Å². The van der Waals surface area contributed by atoms with Crippen LogP contribution in [0.1, 0.15) is 27.2 Å². The third kappa shape index (κ3) is 5.14. The Bertz CT molecular complexity index is 185. The lowest BCUT2D eigenvalue weighted by Gasteiger charge is -2.28. The van der Waals surface area contributed by atoms with E-state index in [1.54, 1.807) is 7.11 Å². The Morgan fingerprint density at radius 3 is 2.47 bits per heavy atom. The third-order valence-electron chi connectivity index (χ3n) is 2.53. The van der Waals surface area contributed by atoms with Crippen molar-refractivity contribution in [3.8, 4) is 0 Å². The average molecular weight is 216 g/mol. The van der Waals surface area contributed by atoms with E-state index in [0.29, 0.717) is 19.6 Å². The molecular weight excluding hydrogens is 192 g/mol. The number of methoxy groups -OCH3 is 1. The number of carbonyl (C=O) groups is 1. The largest absolute Gasteiger partial charge is 0.383 e. The molecule has 2 atom stereocenters. The first-order valence-electron chi connectivity index (χ1n) is 5.55. The van der Waals surface area contributed by atoms with Gasteiger partial charge in [0.05, 0.1) is 12.6 Å². The lowest BCUT2D eigenvalue weighted by molar-refractivity contribution is -0.134. The van der Waals surface area contributed by atoms with Crippen LogP contribution in [0.25, 0.3) is 0 Å². The van der Waals surface area contributed by atoms with Crippen molar-refractivity contribution in [1.29, 1.82) is 0 Å². The molecule has 0 aromatic carbocycles. The number of ether oxygens (including phenoxy) is 1. The minimum atomic E-state index is 0.137. The zero-order chi connectivity index (χ0) is 11.8. The quantitative estimate of drug-likeness (QED) is 0.686. The summed E-state index contributed by atoms with van der Waals surface area (Å²) in [5.41, 5.74) is 5.50. The summed E-state index contributed by atoms with van der Waals surface area (Å²) in [6.45, 7) is 7.83. The number of hydrogen-bond donors (Lipinski definition) is 1. The number of carbonyl (C=O) groups excluding carboxylic acids is 1. The summed E-state index contributed by atoms with van der Waals surface area (Å²) < 4.78 is 5.05. The molecule has 0 radical (unpaired) electrons. The molecule has 0 aliphatic carbocycles. The third-order valence-corrected chi connectivity index (χ3v) is 2.53. The molecule has 0 bridgehead atoms. The highest BCUT2D eigenvalue weighted by molar-refractivity contribution is 5.76. The van der Waals surface area contributed by atoms with Crippen molar-refractivity contribution in [3.05, 3.63) is 0 Å². The molecule has 0 rings (SSSR count). The molecule has 0 aromatic heterocycles. The van der Waals surface area contributed by atoms with Crippen molar-refractivity contribution in [2.45, 2.75) is 33.2 Å². The van der Waals surface area contributed by atoms with Gasteiger partial charge in [0.15, 0.2) is 0 Å². The van der Waals surface area contributed by atoms with E-state index in [9.17, 15) is 4.79 Å². The second-order valence-electron chi connectivity index (χ2n) is 4.03. The van der Waals surface area contributed by atoms with Crippen molar-refractivity contribution < 1.29 is 9.53 Å². The maximum Gasteiger partial charge on any atom is 0.223 e. The molecule has 2 N–H and O–H groups in total. The van der Waals surface area contributed by atoms with Gasteiger partial charge in [0.1, 0.15) is 0 Å². The monoisotopic (exact) mass is 216 g/mol. The van der Waals surface area contributed by atoms with E-state index in [0.717, 1.165) is 6.54 Å². The fourth-order valence-corrected chi connectivity index (χ4v) is 1.56. The van der Waals surface area contributed by atoms with Gasteiger partial charge in [-0.05, 0) is 26.3 Å². The Kier molecular flexibility index (Phi) is 7.34. The van der Waals surface area contributed by atoms with Crippen molar-refractivity contribution in [3.63, 3.8) is 0 Å². The normalized spacial score (nSPS) is 14.7. The van der Waals surface area contributed by atoms with E-state index >= 15 is 0 Å². The van der Waals surface area contributed by atoms with E-state index in [1.807, 2.05) is 25.7 Å². The minimum Gasteiger partial charge on any atom is -0.383 e. The fraction of sp³-hybridized carbons (Fsp3) is 0.909. The second-order valence-corrected chi connectivity index (χ2v) is 4.03. The topological polar surface area (TPSA) is 55.6 Å².